The molecule has 3 rings (SSSR count). The number of fused-ring (bicyclic) bond motifs is 1. The molecule has 2 unspecified atom stereocenters. The van der Waals surface area contributed by atoms with Gasteiger partial charge in [0.2, 0.25) is 0 Å². The summed E-state index contributed by atoms with van der Waals surface area (Å²) in [7, 11) is 0. The van der Waals surface area contributed by atoms with Crippen molar-refractivity contribution < 1.29 is 4.39 Å². The van der Waals surface area contributed by atoms with E-state index in [2.05, 4.69) is 16.4 Å². The van der Waals surface area contributed by atoms with Crippen LogP contribution >= 0.6 is 0 Å². The molecule has 0 saturated carbocycles. The normalized spacial score (nSPS) is 29.0. The minimum absolute atomic E-state index is 0.253. The van der Waals surface area contributed by atoms with Gasteiger partial charge >= 0.3 is 0 Å². The predicted molar refractivity (Wildman–Crippen MR) is 56.7 cm³/mol. The summed E-state index contributed by atoms with van der Waals surface area (Å²) >= 11 is 0. The Morgan fingerprint density at radius 2 is 2.33 bits per heavy atom. The average molecular weight is 204 g/mol. The van der Waals surface area contributed by atoms with Crippen molar-refractivity contribution in [2.24, 2.45) is 5.92 Å². The summed E-state index contributed by atoms with van der Waals surface area (Å²) in [5, 5.41) is 3.41. The van der Waals surface area contributed by atoms with Gasteiger partial charge in [0, 0.05) is 18.8 Å². The summed E-state index contributed by atoms with van der Waals surface area (Å²) in [5.41, 5.74) is 2.16. The van der Waals surface area contributed by atoms with E-state index in [1.165, 1.54) is 11.8 Å². The van der Waals surface area contributed by atoms with Crippen LogP contribution in [0.15, 0.2) is 24.5 Å². The average Bonchev–Trinajstić information content (AvgIpc) is 2.20. The summed E-state index contributed by atoms with van der Waals surface area (Å²) in [5.74, 6) is 0.548. The smallest absolute Gasteiger partial charge is 0.142 e. The molecule has 0 spiro atoms. The van der Waals surface area contributed by atoms with E-state index in [4.69, 9.17) is 0 Å². The SMILES string of the molecule is Fc1cncc(C2=CCC3CNC3C2)c1. The lowest BCUT2D eigenvalue weighted by Gasteiger charge is -2.41. The van der Waals surface area contributed by atoms with E-state index in [-0.39, 0.29) is 5.82 Å². The monoisotopic (exact) mass is 204 g/mol. The Morgan fingerprint density at radius 1 is 1.40 bits per heavy atom. The van der Waals surface area contributed by atoms with Gasteiger partial charge < -0.3 is 5.32 Å². The Hall–Kier alpha value is -1.22. The number of nitrogens with zero attached hydrogens (tertiary/aromatic N) is 1. The van der Waals surface area contributed by atoms with Crippen molar-refractivity contribution in [2.75, 3.05) is 6.54 Å². The summed E-state index contributed by atoms with van der Waals surface area (Å²) in [4.78, 5) is 3.89. The summed E-state index contributed by atoms with van der Waals surface area (Å²) in [6.07, 6.45) is 7.35. The quantitative estimate of drug-likeness (QED) is 0.756. The lowest BCUT2D eigenvalue weighted by Crippen LogP contribution is -2.53. The fourth-order valence-corrected chi connectivity index (χ4v) is 2.37. The van der Waals surface area contributed by atoms with Gasteiger partial charge in [0.15, 0.2) is 0 Å². The van der Waals surface area contributed by atoms with Crippen molar-refractivity contribution >= 4 is 5.57 Å². The molecule has 0 amide bonds. The standard InChI is InChI=1S/C12H13FN2/c13-11-3-10(5-14-7-11)8-1-2-9-6-15-12(9)4-8/h1,3,5,7,9,12,15H,2,4,6H2. The number of pyridine rings is 1. The number of hydrogen-bond acceptors (Lipinski definition) is 2. The zero-order valence-corrected chi connectivity index (χ0v) is 8.41. The molecular weight excluding hydrogens is 191 g/mol. The van der Waals surface area contributed by atoms with Crippen LogP contribution in [0.4, 0.5) is 4.39 Å². The molecule has 2 aliphatic rings. The van der Waals surface area contributed by atoms with Crippen molar-refractivity contribution in [1.82, 2.24) is 10.3 Å². The molecule has 1 aromatic rings. The van der Waals surface area contributed by atoms with Gasteiger partial charge in [-0.05, 0) is 36.0 Å². The highest BCUT2D eigenvalue weighted by molar-refractivity contribution is 5.66. The van der Waals surface area contributed by atoms with Crippen LogP contribution in [0.3, 0.4) is 0 Å². The highest BCUT2D eigenvalue weighted by Gasteiger charge is 2.32. The van der Waals surface area contributed by atoms with E-state index in [0.29, 0.717) is 6.04 Å². The van der Waals surface area contributed by atoms with Crippen molar-refractivity contribution in [3.63, 3.8) is 0 Å². The number of rotatable bonds is 1. The van der Waals surface area contributed by atoms with Gasteiger partial charge in [-0.25, -0.2) is 4.39 Å². The van der Waals surface area contributed by atoms with E-state index >= 15 is 0 Å². The zero-order chi connectivity index (χ0) is 10.3. The molecule has 1 aliphatic carbocycles. The summed E-state index contributed by atoms with van der Waals surface area (Å²) in [6.45, 7) is 1.13. The minimum atomic E-state index is -0.253. The van der Waals surface area contributed by atoms with Crippen LogP contribution in [0.1, 0.15) is 18.4 Å². The molecule has 1 saturated heterocycles. The molecule has 3 heteroatoms. The Bertz CT molecular complexity index is 414. The van der Waals surface area contributed by atoms with E-state index < -0.39 is 0 Å². The molecule has 2 nitrogen and oxygen atoms in total. The molecule has 15 heavy (non-hydrogen) atoms. The van der Waals surface area contributed by atoms with Crippen molar-refractivity contribution in [3.05, 3.63) is 35.9 Å². The van der Waals surface area contributed by atoms with Crippen molar-refractivity contribution in [1.29, 1.82) is 0 Å². The molecule has 0 bridgehead atoms. The van der Waals surface area contributed by atoms with E-state index in [1.807, 2.05) is 0 Å². The van der Waals surface area contributed by atoms with Crippen LogP contribution in [0.25, 0.3) is 5.57 Å². The molecule has 1 N–H and O–H groups in total. The number of nitrogens with one attached hydrogen (secondary N) is 1. The molecule has 1 fully saturated rings. The number of halogens is 1. The van der Waals surface area contributed by atoms with Gasteiger partial charge in [0.05, 0.1) is 6.20 Å². The van der Waals surface area contributed by atoms with Crippen LogP contribution in [0, 0.1) is 11.7 Å². The Balaban J connectivity index is 1.88. The summed E-state index contributed by atoms with van der Waals surface area (Å²) in [6, 6.07) is 2.17. The van der Waals surface area contributed by atoms with Crippen LogP contribution in [-0.2, 0) is 0 Å². The van der Waals surface area contributed by atoms with E-state index in [1.54, 1.807) is 12.3 Å². The molecule has 78 valence electrons. The first-order valence-corrected chi connectivity index (χ1v) is 5.36. The third-order valence-electron chi connectivity index (χ3n) is 3.39. The van der Waals surface area contributed by atoms with E-state index in [9.17, 15) is 4.39 Å². The molecular formula is C12H13FN2. The lowest BCUT2D eigenvalue weighted by molar-refractivity contribution is 0.230. The maximum Gasteiger partial charge on any atom is 0.142 e. The number of allylic oxidation sites excluding steroid dienone is 1. The third kappa shape index (κ3) is 1.57. The lowest BCUT2D eigenvalue weighted by atomic mass is 9.78. The number of hydrogen-bond donors (Lipinski definition) is 1. The van der Waals surface area contributed by atoms with Gasteiger partial charge in [-0.1, -0.05) is 6.08 Å². The van der Waals surface area contributed by atoms with Gasteiger partial charge in [-0.15, -0.1) is 0 Å². The molecule has 0 radical (unpaired) electrons. The van der Waals surface area contributed by atoms with Crippen molar-refractivity contribution in [2.45, 2.75) is 18.9 Å². The second kappa shape index (κ2) is 3.42. The van der Waals surface area contributed by atoms with Crippen LogP contribution in [0.5, 0.6) is 0 Å². The fourth-order valence-electron chi connectivity index (χ4n) is 2.37. The summed E-state index contributed by atoms with van der Waals surface area (Å²) < 4.78 is 13.0. The highest BCUT2D eigenvalue weighted by atomic mass is 19.1. The van der Waals surface area contributed by atoms with Gasteiger partial charge in [0.25, 0.3) is 0 Å². The largest absolute Gasteiger partial charge is 0.313 e. The van der Waals surface area contributed by atoms with Crippen LogP contribution in [0.2, 0.25) is 0 Å². The molecule has 2 heterocycles. The molecule has 0 aromatic carbocycles. The topological polar surface area (TPSA) is 24.9 Å². The molecule has 2 atom stereocenters. The first-order valence-electron chi connectivity index (χ1n) is 5.36. The Kier molecular flexibility index (Phi) is 2.06. The second-order valence-electron chi connectivity index (χ2n) is 4.34. The van der Waals surface area contributed by atoms with Gasteiger partial charge in [-0.2, -0.15) is 0 Å². The highest BCUT2D eigenvalue weighted by Crippen LogP contribution is 2.34. The predicted octanol–water partition coefficient (Wildman–Crippen LogP) is 1.99. The molecule has 1 aromatic heterocycles. The fraction of sp³-hybridized carbons (Fsp3) is 0.417. The first kappa shape index (κ1) is 9.04. The Morgan fingerprint density at radius 3 is 3.00 bits per heavy atom. The van der Waals surface area contributed by atoms with Crippen molar-refractivity contribution in [3.8, 4) is 0 Å². The maximum absolute atomic E-state index is 13.0. The van der Waals surface area contributed by atoms with Gasteiger partial charge in [-0.3, -0.25) is 4.98 Å². The zero-order valence-electron chi connectivity index (χ0n) is 8.41. The molecule has 1 aliphatic heterocycles. The van der Waals surface area contributed by atoms with Gasteiger partial charge in [0.1, 0.15) is 5.82 Å². The number of aromatic nitrogens is 1. The second-order valence-corrected chi connectivity index (χ2v) is 4.34. The third-order valence-corrected chi connectivity index (χ3v) is 3.39. The maximum atomic E-state index is 13.0. The minimum Gasteiger partial charge on any atom is -0.313 e. The van der Waals surface area contributed by atoms with E-state index in [0.717, 1.165) is 30.9 Å². The van der Waals surface area contributed by atoms with Crippen LogP contribution < -0.4 is 5.32 Å². The first-order chi connectivity index (χ1) is 7.33. The Labute approximate surface area is 88.2 Å². The van der Waals surface area contributed by atoms with Crippen LogP contribution in [-0.4, -0.2) is 17.6 Å².